The van der Waals surface area contributed by atoms with E-state index in [9.17, 15) is 13.2 Å². The molecule has 0 saturated heterocycles. The molecule has 0 unspecified atom stereocenters. The third kappa shape index (κ3) is 2.53. The Balaban J connectivity index is 2.20. The summed E-state index contributed by atoms with van der Waals surface area (Å²) in [6.07, 6.45) is 1.32. The van der Waals surface area contributed by atoms with Crippen molar-refractivity contribution >= 4 is 21.6 Å². The van der Waals surface area contributed by atoms with Crippen LogP contribution in [0.3, 0.4) is 0 Å². The molecule has 7 heteroatoms. The maximum absolute atomic E-state index is 11.7. The first-order chi connectivity index (χ1) is 8.37. The molecule has 0 spiro atoms. The van der Waals surface area contributed by atoms with Crippen molar-refractivity contribution in [3.8, 4) is 0 Å². The summed E-state index contributed by atoms with van der Waals surface area (Å²) < 4.78 is 25.4. The van der Waals surface area contributed by atoms with Crippen molar-refractivity contribution in [1.82, 2.24) is 4.72 Å². The van der Waals surface area contributed by atoms with E-state index in [1.807, 2.05) is 0 Å². The number of carbonyl (C=O) groups is 1. The van der Waals surface area contributed by atoms with Crippen LogP contribution in [-0.2, 0) is 14.8 Å². The fourth-order valence-corrected chi connectivity index (χ4v) is 2.25. The van der Waals surface area contributed by atoms with Gasteiger partial charge in [0.1, 0.15) is 0 Å². The van der Waals surface area contributed by atoms with Crippen molar-refractivity contribution in [2.75, 3.05) is 12.4 Å². The van der Waals surface area contributed by atoms with E-state index >= 15 is 0 Å². The van der Waals surface area contributed by atoms with Gasteiger partial charge in [0.25, 0.3) is 0 Å². The number of benzene rings is 1. The fourth-order valence-electron chi connectivity index (χ4n) is 1.48. The summed E-state index contributed by atoms with van der Waals surface area (Å²) in [7, 11) is -2.18. The molecule has 1 saturated carbocycles. The number of nitrogens with one attached hydrogen (secondary N) is 2. The number of carbonyl (C=O) groups excluding carboxylic acids is 1. The van der Waals surface area contributed by atoms with Crippen LogP contribution in [-0.4, -0.2) is 26.9 Å². The van der Waals surface area contributed by atoms with Gasteiger partial charge in [-0.2, -0.15) is 0 Å². The Bertz CT molecular complexity index is 579. The molecule has 1 aromatic rings. The third-order valence-electron chi connectivity index (χ3n) is 2.91. The lowest BCUT2D eigenvalue weighted by molar-refractivity contribution is -0.118. The highest BCUT2D eigenvalue weighted by Crippen LogP contribution is 2.33. The van der Waals surface area contributed by atoms with E-state index in [1.54, 1.807) is 12.1 Å². The Morgan fingerprint density at radius 1 is 1.39 bits per heavy atom. The molecule has 2 rings (SSSR count). The summed E-state index contributed by atoms with van der Waals surface area (Å²) in [4.78, 5) is 11.8. The van der Waals surface area contributed by atoms with Crippen molar-refractivity contribution in [3.05, 3.63) is 24.3 Å². The number of hydrogen-bond donors (Lipinski definition) is 3. The highest BCUT2D eigenvalue weighted by molar-refractivity contribution is 7.89. The minimum absolute atomic E-state index is 0.102. The van der Waals surface area contributed by atoms with Crippen molar-refractivity contribution < 1.29 is 13.2 Å². The van der Waals surface area contributed by atoms with Crippen LogP contribution in [0.15, 0.2) is 29.2 Å². The van der Waals surface area contributed by atoms with Gasteiger partial charge < -0.3 is 11.1 Å². The highest BCUT2D eigenvalue weighted by Gasteiger charge is 2.45. The van der Waals surface area contributed by atoms with Gasteiger partial charge in [0, 0.05) is 5.69 Å². The normalized spacial score (nSPS) is 17.2. The van der Waals surface area contributed by atoms with E-state index in [4.69, 9.17) is 5.73 Å². The lowest BCUT2D eigenvalue weighted by atomic mass is 10.2. The van der Waals surface area contributed by atoms with Crippen LogP contribution < -0.4 is 15.8 Å². The number of amides is 1. The lowest BCUT2D eigenvalue weighted by Gasteiger charge is -2.11. The van der Waals surface area contributed by atoms with Gasteiger partial charge in [0.2, 0.25) is 15.9 Å². The minimum atomic E-state index is -3.51. The molecule has 18 heavy (non-hydrogen) atoms. The Morgan fingerprint density at radius 3 is 2.61 bits per heavy atom. The minimum Gasteiger partial charge on any atom is -0.324 e. The van der Waals surface area contributed by atoms with Gasteiger partial charge in [0.05, 0.1) is 10.4 Å². The van der Waals surface area contributed by atoms with Gasteiger partial charge in [0.15, 0.2) is 0 Å². The summed E-state index contributed by atoms with van der Waals surface area (Å²) in [5.74, 6) is -0.276. The van der Waals surface area contributed by atoms with Gasteiger partial charge in [-0.05, 0) is 38.1 Å². The third-order valence-corrected chi connectivity index (χ3v) is 4.32. The van der Waals surface area contributed by atoms with E-state index in [-0.39, 0.29) is 10.8 Å². The zero-order valence-corrected chi connectivity index (χ0v) is 10.8. The molecule has 6 nitrogen and oxygen atoms in total. The number of rotatable bonds is 4. The van der Waals surface area contributed by atoms with E-state index in [2.05, 4.69) is 10.0 Å². The second-order valence-corrected chi connectivity index (χ2v) is 6.23. The average Bonchev–Trinajstić information content (AvgIpc) is 3.09. The van der Waals surface area contributed by atoms with Crippen LogP contribution in [0.4, 0.5) is 5.69 Å². The Labute approximate surface area is 106 Å². The molecule has 1 amide bonds. The van der Waals surface area contributed by atoms with Crippen LogP contribution in [0, 0.1) is 0 Å². The molecular weight excluding hydrogens is 254 g/mol. The first kappa shape index (κ1) is 13.0. The molecule has 1 aliphatic carbocycles. The van der Waals surface area contributed by atoms with E-state index in [1.165, 1.54) is 19.2 Å². The first-order valence-corrected chi connectivity index (χ1v) is 7.00. The highest BCUT2D eigenvalue weighted by atomic mass is 32.2. The quantitative estimate of drug-likeness (QED) is 0.717. The van der Waals surface area contributed by atoms with Crippen molar-refractivity contribution in [1.29, 1.82) is 0 Å². The topological polar surface area (TPSA) is 101 Å². The number of anilines is 1. The van der Waals surface area contributed by atoms with Gasteiger partial charge in [-0.15, -0.1) is 0 Å². The summed E-state index contributed by atoms with van der Waals surface area (Å²) in [5.41, 5.74) is 5.39. The van der Waals surface area contributed by atoms with Gasteiger partial charge in [-0.1, -0.05) is 6.07 Å². The molecule has 1 aliphatic rings. The number of nitrogens with two attached hydrogens (primary N) is 1. The summed E-state index contributed by atoms with van der Waals surface area (Å²) in [5, 5.41) is 2.62. The average molecular weight is 269 g/mol. The second-order valence-electron chi connectivity index (χ2n) is 4.35. The number of sulfonamides is 1. The molecule has 1 aromatic carbocycles. The van der Waals surface area contributed by atoms with Crippen LogP contribution in [0.1, 0.15) is 12.8 Å². The molecule has 0 atom stereocenters. The predicted octanol–water partition coefficient (Wildman–Crippen LogP) is 0.0245. The maximum Gasteiger partial charge on any atom is 0.244 e. The van der Waals surface area contributed by atoms with Crippen molar-refractivity contribution in [2.24, 2.45) is 5.73 Å². The molecule has 0 aliphatic heterocycles. The molecule has 4 N–H and O–H groups in total. The largest absolute Gasteiger partial charge is 0.324 e. The molecule has 98 valence electrons. The van der Waals surface area contributed by atoms with E-state index in [0.29, 0.717) is 18.5 Å². The summed E-state index contributed by atoms with van der Waals surface area (Å²) >= 11 is 0. The van der Waals surface area contributed by atoms with Gasteiger partial charge in [-0.25, -0.2) is 13.1 Å². The second kappa shape index (κ2) is 4.34. The molecule has 1 fully saturated rings. The van der Waals surface area contributed by atoms with Crippen LogP contribution in [0.2, 0.25) is 0 Å². The summed E-state index contributed by atoms with van der Waals surface area (Å²) in [6, 6.07) is 6.04. The fraction of sp³-hybridized carbons (Fsp3) is 0.364. The van der Waals surface area contributed by atoms with E-state index in [0.717, 1.165) is 0 Å². The molecule has 0 heterocycles. The van der Waals surface area contributed by atoms with Gasteiger partial charge in [-0.3, -0.25) is 4.79 Å². The monoisotopic (exact) mass is 269 g/mol. The molecule has 0 radical (unpaired) electrons. The van der Waals surface area contributed by atoms with Crippen molar-refractivity contribution in [3.63, 3.8) is 0 Å². The van der Waals surface area contributed by atoms with E-state index < -0.39 is 15.6 Å². The van der Waals surface area contributed by atoms with Gasteiger partial charge >= 0.3 is 0 Å². The zero-order valence-electron chi connectivity index (χ0n) is 9.93. The van der Waals surface area contributed by atoms with Crippen molar-refractivity contribution in [2.45, 2.75) is 23.3 Å². The standard InChI is InChI=1S/C11H15N3O3S/c1-13-18(16,17)9-4-2-3-8(7-9)14-10(15)11(12)5-6-11/h2-4,7,13H,5-6,12H2,1H3,(H,14,15). The lowest BCUT2D eigenvalue weighted by Crippen LogP contribution is -2.37. The number of hydrogen-bond acceptors (Lipinski definition) is 4. The molecular formula is C11H15N3O3S. The smallest absolute Gasteiger partial charge is 0.244 e. The predicted molar refractivity (Wildman–Crippen MR) is 67.5 cm³/mol. The zero-order chi connectivity index (χ0) is 13.4. The maximum atomic E-state index is 11.7. The Hall–Kier alpha value is -1.44. The molecule has 0 bridgehead atoms. The first-order valence-electron chi connectivity index (χ1n) is 5.51. The van der Waals surface area contributed by atoms with Crippen LogP contribution in [0.5, 0.6) is 0 Å². The Morgan fingerprint density at radius 2 is 2.06 bits per heavy atom. The summed E-state index contributed by atoms with van der Waals surface area (Å²) in [6.45, 7) is 0. The molecule has 0 aromatic heterocycles. The Kier molecular flexibility index (Phi) is 3.14. The SMILES string of the molecule is CNS(=O)(=O)c1cccc(NC(=O)C2(N)CC2)c1. The van der Waals surface area contributed by atoms with Crippen LogP contribution >= 0.6 is 0 Å². The van der Waals surface area contributed by atoms with Crippen LogP contribution in [0.25, 0.3) is 0 Å².